The summed E-state index contributed by atoms with van der Waals surface area (Å²) in [5, 5.41) is 8.71. The maximum atomic E-state index is 13.5. The molecule has 1 heterocycles. The number of rotatable bonds is 4. The largest absolute Gasteiger partial charge is 0.478 e. The summed E-state index contributed by atoms with van der Waals surface area (Å²) >= 11 is 0. The highest BCUT2D eigenvalue weighted by Gasteiger charge is 2.11. The quantitative estimate of drug-likeness (QED) is 0.891. The fourth-order valence-electron chi connectivity index (χ4n) is 1.56. The molecule has 0 bridgehead atoms. The fourth-order valence-corrected chi connectivity index (χ4v) is 1.56. The first-order chi connectivity index (χ1) is 9.49. The Morgan fingerprint density at radius 2 is 2.20 bits per heavy atom. The lowest BCUT2D eigenvalue weighted by atomic mass is 10.2. The molecule has 0 aliphatic heterocycles. The van der Waals surface area contributed by atoms with E-state index in [9.17, 15) is 14.0 Å². The van der Waals surface area contributed by atoms with Crippen LogP contribution in [0.4, 0.5) is 4.39 Å². The molecule has 0 spiro atoms. The van der Waals surface area contributed by atoms with Crippen molar-refractivity contribution in [2.75, 3.05) is 0 Å². The van der Waals surface area contributed by atoms with E-state index in [2.05, 4.69) is 9.97 Å². The molecule has 0 saturated carbocycles. The van der Waals surface area contributed by atoms with E-state index in [1.165, 1.54) is 6.07 Å². The average molecular weight is 278 g/mol. The lowest BCUT2D eigenvalue weighted by molar-refractivity contribution is 0.0692. The molecule has 104 valence electrons. The molecule has 2 rings (SSSR count). The first-order valence-corrected chi connectivity index (χ1v) is 5.80. The Bertz CT molecular complexity index is 712. The van der Waals surface area contributed by atoms with Gasteiger partial charge in [0.2, 0.25) is 5.88 Å². The van der Waals surface area contributed by atoms with Crippen molar-refractivity contribution in [2.45, 2.75) is 13.3 Å². The number of hydrogen-bond donors (Lipinski definition) is 2. The third kappa shape index (κ3) is 3.00. The molecule has 0 saturated heterocycles. The van der Waals surface area contributed by atoms with Gasteiger partial charge < -0.3 is 14.8 Å². The first kappa shape index (κ1) is 13.7. The molecular weight excluding hydrogens is 267 g/mol. The molecule has 7 heteroatoms. The van der Waals surface area contributed by atoms with Crippen LogP contribution in [-0.4, -0.2) is 21.0 Å². The third-order valence-electron chi connectivity index (χ3n) is 2.50. The Kier molecular flexibility index (Phi) is 3.79. The van der Waals surface area contributed by atoms with Crippen molar-refractivity contribution in [1.29, 1.82) is 0 Å². The van der Waals surface area contributed by atoms with Gasteiger partial charge in [0.1, 0.15) is 17.4 Å². The number of carboxylic acids is 1. The van der Waals surface area contributed by atoms with Gasteiger partial charge in [-0.3, -0.25) is 4.79 Å². The molecule has 0 unspecified atom stereocenters. The van der Waals surface area contributed by atoms with Crippen LogP contribution in [0.15, 0.2) is 29.1 Å². The second kappa shape index (κ2) is 5.52. The number of halogens is 1. The molecule has 1 aromatic heterocycles. The van der Waals surface area contributed by atoms with Crippen LogP contribution in [0, 0.1) is 5.82 Å². The van der Waals surface area contributed by atoms with Crippen molar-refractivity contribution in [3.05, 3.63) is 51.8 Å². The fraction of sp³-hybridized carbons (Fsp3) is 0.154. The number of aryl methyl sites for hydroxylation is 1. The van der Waals surface area contributed by atoms with Crippen molar-refractivity contribution < 1.29 is 19.0 Å². The zero-order valence-corrected chi connectivity index (χ0v) is 10.5. The van der Waals surface area contributed by atoms with Crippen LogP contribution in [-0.2, 0) is 6.42 Å². The number of carboxylic acid groups (broad SMARTS) is 1. The number of H-pyrrole nitrogens is 1. The van der Waals surface area contributed by atoms with Crippen molar-refractivity contribution in [3.8, 4) is 11.6 Å². The number of nitrogens with one attached hydrogen (secondary N) is 1. The molecule has 20 heavy (non-hydrogen) atoms. The van der Waals surface area contributed by atoms with E-state index in [0.29, 0.717) is 12.2 Å². The summed E-state index contributed by atoms with van der Waals surface area (Å²) in [6.45, 7) is 1.81. The lowest BCUT2D eigenvalue weighted by Crippen LogP contribution is -2.10. The standard InChI is InChI=1S/C13H11FN2O4/c1-2-10-15-11(17)6-12(16-10)20-7-3-4-8(13(18)19)9(14)5-7/h3-6H,2H2,1H3,(H,18,19)(H,15,16,17). The number of ether oxygens (including phenoxy) is 1. The van der Waals surface area contributed by atoms with Crippen molar-refractivity contribution in [2.24, 2.45) is 0 Å². The first-order valence-electron chi connectivity index (χ1n) is 5.80. The van der Waals surface area contributed by atoms with Gasteiger partial charge in [0, 0.05) is 12.5 Å². The molecule has 2 aromatic rings. The normalized spacial score (nSPS) is 10.3. The molecule has 6 nitrogen and oxygen atoms in total. The Balaban J connectivity index is 2.30. The number of hydrogen-bond acceptors (Lipinski definition) is 4. The number of carbonyl (C=O) groups is 1. The van der Waals surface area contributed by atoms with Crippen LogP contribution in [0.3, 0.4) is 0 Å². The zero-order valence-electron chi connectivity index (χ0n) is 10.5. The van der Waals surface area contributed by atoms with E-state index in [1.54, 1.807) is 0 Å². The maximum absolute atomic E-state index is 13.5. The summed E-state index contributed by atoms with van der Waals surface area (Å²) in [7, 11) is 0. The second-order valence-corrected chi connectivity index (χ2v) is 3.93. The number of aromatic amines is 1. The van der Waals surface area contributed by atoms with Gasteiger partial charge >= 0.3 is 5.97 Å². The summed E-state index contributed by atoms with van der Waals surface area (Å²) in [6.07, 6.45) is 0.513. The lowest BCUT2D eigenvalue weighted by Gasteiger charge is -2.06. The minimum Gasteiger partial charge on any atom is -0.478 e. The number of aromatic nitrogens is 2. The molecule has 0 fully saturated rings. The Hall–Kier alpha value is -2.70. The highest BCUT2D eigenvalue weighted by atomic mass is 19.1. The maximum Gasteiger partial charge on any atom is 0.338 e. The van der Waals surface area contributed by atoms with E-state index < -0.39 is 17.3 Å². The van der Waals surface area contributed by atoms with Gasteiger partial charge in [0.25, 0.3) is 5.56 Å². The molecule has 0 amide bonds. The molecule has 2 N–H and O–H groups in total. The summed E-state index contributed by atoms with van der Waals surface area (Å²) in [5.41, 5.74) is -0.833. The third-order valence-corrected chi connectivity index (χ3v) is 2.50. The Labute approximate surface area is 112 Å². The van der Waals surface area contributed by atoms with E-state index in [-0.39, 0.29) is 17.2 Å². The Morgan fingerprint density at radius 3 is 2.80 bits per heavy atom. The van der Waals surface area contributed by atoms with Crippen LogP contribution in [0.2, 0.25) is 0 Å². The Morgan fingerprint density at radius 1 is 1.45 bits per heavy atom. The molecule has 0 radical (unpaired) electrons. The van der Waals surface area contributed by atoms with E-state index in [0.717, 1.165) is 18.2 Å². The topological polar surface area (TPSA) is 92.3 Å². The van der Waals surface area contributed by atoms with Crippen LogP contribution < -0.4 is 10.3 Å². The van der Waals surface area contributed by atoms with Crippen LogP contribution in [0.25, 0.3) is 0 Å². The summed E-state index contributed by atoms with van der Waals surface area (Å²) in [5.74, 6) is -1.76. The minimum atomic E-state index is -1.36. The van der Waals surface area contributed by atoms with Gasteiger partial charge in [-0.1, -0.05) is 6.92 Å². The predicted molar refractivity (Wildman–Crippen MR) is 67.7 cm³/mol. The van der Waals surface area contributed by atoms with Crippen LogP contribution >= 0.6 is 0 Å². The molecular formula is C13H11FN2O4. The smallest absolute Gasteiger partial charge is 0.338 e. The molecule has 0 aliphatic carbocycles. The number of benzene rings is 1. The van der Waals surface area contributed by atoms with Gasteiger partial charge in [-0.15, -0.1) is 0 Å². The molecule has 1 aromatic carbocycles. The minimum absolute atomic E-state index is 0.0214. The zero-order chi connectivity index (χ0) is 14.7. The van der Waals surface area contributed by atoms with Crippen molar-refractivity contribution in [3.63, 3.8) is 0 Å². The average Bonchev–Trinajstić information content (AvgIpc) is 2.37. The summed E-state index contributed by atoms with van der Waals surface area (Å²) in [4.78, 5) is 28.6. The van der Waals surface area contributed by atoms with E-state index in [1.807, 2.05) is 6.92 Å². The highest BCUT2D eigenvalue weighted by Crippen LogP contribution is 2.21. The monoisotopic (exact) mass is 278 g/mol. The summed E-state index contributed by atoms with van der Waals surface area (Å²) in [6, 6.07) is 4.43. The number of aromatic carboxylic acids is 1. The van der Waals surface area contributed by atoms with Gasteiger partial charge in [-0.05, 0) is 12.1 Å². The van der Waals surface area contributed by atoms with Crippen molar-refractivity contribution in [1.82, 2.24) is 9.97 Å². The summed E-state index contributed by atoms with van der Waals surface area (Å²) < 4.78 is 18.7. The number of nitrogens with zero attached hydrogens (tertiary/aromatic N) is 1. The van der Waals surface area contributed by atoms with E-state index >= 15 is 0 Å². The van der Waals surface area contributed by atoms with Gasteiger partial charge in [0.15, 0.2) is 0 Å². The predicted octanol–water partition coefficient (Wildman–Crippen LogP) is 1.96. The van der Waals surface area contributed by atoms with Gasteiger partial charge in [-0.25, -0.2) is 9.18 Å². The van der Waals surface area contributed by atoms with Gasteiger partial charge in [0.05, 0.1) is 11.6 Å². The highest BCUT2D eigenvalue weighted by molar-refractivity contribution is 5.88. The van der Waals surface area contributed by atoms with Crippen LogP contribution in [0.1, 0.15) is 23.1 Å². The van der Waals surface area contributed by atoms with Gasteiger partial charge in [-0.2, -0.15) is 4.98 Å². The van der Waals surface area contributed by atoms with Crippen molar-refractivity contribution >= 4 is 5.97 Å². The van der Waals surface area contributed by atoms with Crippen LogP contribution in [0.5, 0.6) is 11.6 Å². The molecule has 0 atom stereocenters. The SMILES string of the molecule is CCc1nc(Oc2ccc(C(=O)O)c(F)c2)cc(=O)[nH]1. The second-order valence-electron chi connectivity index (χ2n) is 3.93. The van der Waals surface area contributed by atoms with E-state index in [4.69, 9.17) is 9.84 Å². The molecule has 0 aliphatic rings.